The molecule has 14 aromatic rings. The molecule has 0 radical (unpaired) electrons. The minimum Gasteiger partial charge on any atom is -0.456 e. The summed E-state index contributed by atoms with van der Waals surface area (Å²) in [6.07, 6.45) is 0. The molecule has 0 saturated carbocycles. The van der Waals surface area contributed by atoms with Gasteiger partial charge in [-0.25, -0.2) is 4.98 Å². The molecule has 65 heavy (non-hydrogen) atoms. The molecule has 0 unspecified atom stereocenters. The van der Waals surface area contributed by atoms with Gasteiger partial charge in [-0.1, -0.05) is 164 Å². The van der Waals surface area contributed by atoms with Gasteiger partial charge in [-0.15, -0.1) is 0 Å². The molecule has 0 atom stereocenters. The molecule has 4 heteroatoms. The van der Waals surface area contributed by atoms with Crippen LogP contribution in [0.4, 0.5) is 0 Å². The fourth-order valence-electron chi connectivity index (χ4n) is 10.7. The zero-order valence-electron chi connectivity index (χ0n) is 35.1. The average Bonchev–Trinajstić information content (AvgIpc) is 4.03. The van der Waals surface area contributed by atoms with Gasteiger partial charge in [0.25, 0.3) is 0 Å². The summed E-state index contributed by atoms with van der Waals surface area (Å²) in [6.45, 7) is 0. The SMILES string of the molecule is c1ccc(-c2c3c(cc4c(-c5ccc(-c6cc(-n7c8ccccc8c8ccccc87)cc(-n7c8ccccc8c8ccccc87)c6)cc5)nc5ccccc5c24)oc2ccccc23)cc1. The predicted octanol–water partition coefficient (Wildman–Crippen LogP) is 16.5. The topological polar surface area (TPSA) is 35.9 Å². The Hall–Kier alpha value is -8.73. The molecule has 0 N–H and O–H groups in total. The van der Waals surface area contributed by atoms with Crippen LogP contribution in [-0.2, 0) is 0 Å². The first kappa shape index (κ1) is 35.8. The predicted molar refractivity (Wildman–Crippen MR) is 272 cm³/mol. The van der Waals surface area contributed by atoms with Crippen LogP contribution in [-0.4, -0.2) is 14.1 Å². The van der Waals surface area contributed by atoms with E-state index in [1.54, 1.807) is 0 Å². The van der Waals surface area contributed by atoms with Crippen molar-refractivity contribution >= 4 is 87.2 Å². The summed E-state index contributed by atoms with van der Waals surface area (Å²) >= 11 is 0. The van der Waals surface area contributed by atoms with E-state index in [1.807, 2.05) is 6.07 Å². The molecule has 0 aliphatic carbocycles. The van der Waals surface area contributed by atoms with Gasteiger partial charge >= 0.3 is 0 Å². The first-order valence-electron chi connectivity index (χ1n) is 22.2. The molecule has 0 spiro atoms. The normalized spacial score (nSPS) is 12.0. The molecule has 0 amide bonds. The highest BCUT2D eigenvalue weighted by Gasteiger charge is 2.22. The van der Waals surface area contributed by atoms with E-state index in [1.165, 1.54) is 54.6 Å². The van der Waals surface area contributed by atoms with Crippen LogP contribution >= 0.6 is 0 Å². The summed E-state index contributed by atoms with van der Waals surface area (Å²) in [4.78, 5) is 5.43. The maximum absolute atomic E-state index is 6.66. The lowest BCUT2D eigenvalue weighted by Crippen LogP contribution is -2.00. The Labute approximate surface area is 373 Å². The van der Waals surface area contributed by atoms with Crippen LogP contribution in [0.5, 0.6) is 0 Å². The van der Waals surface area contributed by atoms with Gasteiger partial charge in [-0.05, 0) is 77.4 Å². The number of hydrogen-bond donors (Lipinski definition) is 0. The van der Waals surface area contributed by atoms with Gasteiger partial charge in [-0.2, -0.15) is 0 Å². The van der Waals surface area contributed by atoms with Crippen LogP contribution in [0.2, 0.25) is 0 Å². The Kier molecular flexibility index (Phi) is 7.65. The van der Waals surface area contributed by atoms with Crippen LogP contribution in [0.25, 0.3) is 132 Å². The van der Waals surface area contributed by atoms with E-state index in [0.29, 0.717) is 0 Å². The van der Waals surface area contributed by atoms with Crippen molar-refractivity contribution in [1.29, 1.82) is 0 Å². The van der Waals surface area contributed by atoms with Crippen molar-refractivity contribution in [2.75, 3.05) is 0 Å². The molecule has 4 nitrogen and oxygen atoms in total. The molecule has 4 heterocycles. The maximum Gasteiger partial charge on any atom is 0.136 e. The number of fused-ring (bicyclic) bond motifs is 12. The van der Waals surface area contributed by atoms with E-state index in [9.17, 15) is 0 Å². The fraction of sp³-hybridized carbons (Fsp3) is 0. The number of aromatic nitrogens is 3. The Morgan fingerprint density at radius 1 is 0.308 bits per heavy atom. The molecule has 302 valence electrons. The largest absolute Gasteiger partial charge is 0.456 e. The van der Waals surface area contributed by atoms with Crippen molar-refractivity contribution in [3.05, 3.63) is 224 Å². The van der Waals surface area contributed by atoms with Crippen LogP contribution in [0.15, 0.2) is 229 Å². The zero-order valence-corrected chi connectivity index (χ0v) is 35.1. The van der Waals surface area contributed by atoms with Crippen molar-refractivity contribution in [2.24, 2.45) is 0 Å². The summed E-state index contributed by atoms with van der Waals surface area (Å²) in [5.41, 5.74) is 16.1. The van der Waals surface area contributed by atoms with E-state index >= 15 is 0 Å². The molecule has 4 aromatic heterocycles. The number of pyridine rings is 1. The number of furan rings is 1. The highest BCUT2D eigenvalue weighted by Crippen LogP contribution is 2.47. The molecule has 0 bridgehead atoms. The summed E-state index contributed by atoms with van der Waals surface area (Å²) in [5, 5.41) is 10.5. The van der Waals surface area contributed by atoms with Gasteiger partial charge in [0, 0.05) is 71.0 Å². The standard InChI is InChI=1S/C61H37N3O/c1-2-16-39(17-3-1)58-59-48-22-4-10-24-51(48)62-61(50(59)37-57-60(58)49-23-9-15-29-56(49)65-57)40-32-30-38(31-33-40)41-34-42(63-52-25-11-5-18-44(52)45-19-6-12-26-53(45)63)36-43(35-41)64-54-27-13-7-20-46(54)47-21-8-14-28-55(47)64/h1-37H. The minimum atomic E-state index is 0.854. The van der Waals surface area contributed by atoms with Crippen LogP contribution in [0, 0.1) is 0 Å². The van der Waals surface area contributed by atoms with E-state index < -0.39 is 0 Å². The van der Waals surface area contributed by atoms with Crippen LogP contribution < -0.4 is 0 Å². The average molecular weight is 828 g/mol. The third-order valence-electron chi connectivity index (χ3n) is 13.5. The number of para-hydroxylation sites is 6. The number of nitrogens with zero attached hydrogens (tertiary/aromatic N) is 3. The summed E-state index contributed by atoms with van der Waals surface area (Å²) < 4.78 is 11.5. The third-order valence-corrected chi connectivity index (χ3v) is 13.5. The first-order chi connectivity index (χ1) is 32.2. The summed E-state index contributed by atoms with van der Waals surface area (Å²) in [5.74, 6) is 0. The molecular weight excluding hydrogens is 791 g/mol. The highest BCUT2D eigenvalue weighted by molar-refractivity contribution is 6.27. The Morgan fingerprint density at radius 2 is 0.785 bits per heavy atom. The lowest BCUT2D eigenvalue weighted by molar-refractivity contribution is 0.669. The molecular formula is C61H37N3O. The third kappa shape index (κ3) is 5.35. The van der Waals surface area contributed by atoms with Gasteiger partial charge in [0.15, 0.2) is 0 Å². The summed E-state index contributed by atoms with van der Waals surface area (Å²) in [7, 11) is 0. The Bertz CT molecular complexity index is 3990. The van der Waals surface area contributed by atoms with E-state index in [0.717, 1.165) is 77.6 Å². The number of hydrogen-bond acceptors (Lipinski definition) is 2. The number of benzene rings is 10. The molecule has 0 fully saturated rings. The van der Waals surface area contributed by atoms with E-state index in [2.05, 4.69) is 228 Å². The van der Waals surface area contributed by atoms with Crippen molar-refractivity contribution in [1.82, 2.24) is 14.1 Å². The first-order valence-corrected chi connectivity index (χ1v) is 22.2. The second-order valence-corrected chi connectivity index (χ2v) is 17.0. The second-order valence-electron chi connectivity index (χ2n) is 17.0. The monoisotopic (exact) mass is 827 g/mol. The molecule has 0 aliphatic rings. The van der Waals surface area contributed by atoms with Crippen molar-refractivity contribution in [2.45, 2.75) is 0 Å². The van der Waals surface area contributed by atoms with Gasteiger partial charge < -0.3 is 13.6 Å². The second kappa shape index (κ2) is 13.9. The maximum atomic E-state index is 6.66. The lowest BCUT2D eigenvalue weighted by Gasteiger charge is -2.17. The van der Waals surface area contributed by atoms with Crippen molar-refractivity contribution in [3.63, 3.8) is 0 Å². The molecule has 0 saturated heterocycles. The van der Waals surface area contributed by atoms with Crippen LogP contribution in [0.1, 0.15) is 0 Å². The fourth-order valence-corrected chi connectivity index (χ4v) is 10.7. The zero-order chi connectivity index (χ0) is 42.6. The van der Waals surface area contributed by atoms with Gasteiger partial charge in [0.2, 0.25) is 0 Å². The summed E-state index contributed by atoms with van der Waals surface area (Å²) in [6, 6.07) is 80.9. The van der Waals surface area contributed by atoms with E-state index in [4.69, 9.17) is 9.40 Å². The quantitative estimate of drug-likeness (QED) is 0.162. The lowest BCUT2D eigenvalue weighted by atomic mass is 9.89. The number of rotatable bonds is 5. The molecule has 0 aliphatic heterocycles. The molecule has 10 aromatic carbocycles. The van der Waals surface area contributed by atoms with Gasteiger partial charge in [0.1, 0.15) is 11.2 Å². The van der Waals surface area contributed by atoms with E-state index in [-0.39, 0.29) is 0 Å². The van der Waals surface area contributed by atoms with Gasteiger partial charge in [-0.3, -0.25) is 0 Å². The molecule has 14 rings (SSSR count). The smallest absolute Gasteiger partial charge is 0.136 e. The van der Waals surface area contributed by atoms with Crippen molar-refractivity contribution < 1.29 is 4.42 Å². The Balaban J connectivity index is 1.01. The Morgan fingerprint density at radius 3 is 1.37 bits per heavy atom. The van der Waals surface area contributed by atoms with Crippen molar-refractivity contribution in [3.8, 4) is 44.9 Å². The van der Waals surface area contributed by atoms with Gasteiger partial charge in [0.05, 0.1) is 33.3 Å². The van der Waals surface area contributed by atoms with Crippen LogP contribution in [0.3, 0.4) is 0 Å². The highest BCUT2D eigenvalue weighted by atomic mass is 16.3. The minimum absolute atomic E-state index is 0.854.